The smallest absolute Gasteiger partial charge is 0.126 e. The van der Waals surface area contributed by atoms with Crippen LogP contribution in [0.1, 0.15) is 13.8 Å². The van der Waals surface area contributed by atoms with Gasteiger partial charge in [-0.05, 0) is 13.8 Å². The summed E-state index contributed by atoms with van der Waals surface area (Å²) < 4.78 is 0. The number of nitrogens with zero attached hydrogens (tertiary/aromatic N) is 4. The molecule has 0 radical (unpaired) electrons. The molecule has 52 valence electrons. The van der Waals surface area contributed by atoms with E-state index in [1.165, 1.54) is 0 Å². The molecule has 0 unspecified atom stereocenters. The summed E-state index contributed by atoms with van der Waals surface area (Å²) in [6, 6.07) is 0.457. The highest BCUT2D eigenvalue weighted by Gasteiger charge is 2.13. The molecule has 0 aromatic heterocycles. The molecule has 0 saturated carbocycles. The van der Waals surface area contributed by atoms with Gasteiger partial charge in [0.15, 0.2) is 0 Å². The Labute approximate surface area is 55.1 Å². The van der Waals surface area contributed by atoms with Crippen LogP contribution in [0.4, 0.5) is 0 Å². The van der Waals surface area contributed by atoms with Crippen molar-refractivity contribution < 1.29 is 0 Å². The highest BCUT2D eigenvalue weighted by atomic mass is 15.8. The van der Waals surface area contributed by atoms with Crippen LogP contribution in [-0.4, -0.2) is 29.8 Å². The zero-order valence-corrected chi connectivity index (χ0v) is 6.07. The fraction of sp³-hybridized carbons (Fsp3) is 1.00. The summed E-state index contributed by atoms with van der Waals surface area (Å²) in [6.45, 7) is 5.01. The topological polar surface area (TPSA) is 31.2 Å². The summed E-state index contributed by atoms with van der Waals surface area (Å²) >= 11 is 0. The van der Waals surface area contributed by atoms with E-state index in [1.807, 2.05) is 12.1 Å². The van der Waals surface area contributed by atoms with E-state index in [1.54, 1.807) is 5.01 Å². The van der Waals surface area contributed by atoms with E-state index in [4.69, 9.17) is 0 Å². The van der Waals surface area contributed by atoms with Gasteiger partial charge in [-0.3, -0.25) is 10.0 Å². The second kappa shape index (κ2) is 2.21. The fourth-order valence-electron chi connectivity index (χ4n) is 0.653. The highest BCUT2D eigenvalue weighted by Crippen LogP contribution is 2.07. The molecule has 0 bridgehead atoms. The van der Waals surface area contributed by atoms with Crippen LogP contribution in [0.5, 0.6) is 0 Å². The summed E-state index contributed by atoms with van der Waals surface area (Å²) in [5, 5.41) is 11.5. The summed E-state index contributed by atoms with van der Waals surface area (Å²) in [4.78, 5) is 0. The van der Waals surface area contributed by atoms with Gasteiger partial charge in [0, 0.05) is 13.1 Å². The van der Waals surface area contributed by atoms with Gasteiger partial charge in [0.1, 0.15) is 6.67 Å². The Kier molecular flexibility index (Phi) is 1.55. The molecule has 1 aliphatic heterocycles. The monoisotopic (exact) mass is 128 g/mol. The molecule has 1 heterocycles. The summed E-state index contributed by atoms with van der Waals surface area (Å²) in [5.74, 6) is 0. The average Bonchev–Trinajstić information content (AvgIpc) is 2.14. The number of hydrogen-bond donors (Lipinski definition) is 0. The molecule has 0 saturated heterocycles. The molecule has 9 heavy (non-hydrogen) atoms. The Morgan fingerprint density at radius 1 is 1.33 bits per heavy atom. The second-order valence-electron chi connectivity index (χ2n) is 2.51. The number of hydrogen-bond acceptors (Lipinski definition) is 4. The average molecular weight is 128 g/mol. The van der Waals surface area contributed by atoms with Crippen LogP contribution in [0, 0.1) is 0 Å². The summed E-state index contributed by atoms with van der Waals surface area (Å²) in [7, 11) is 1.91. The van der Waals surface area contributed by atoms with Gasteiger partial charge in [-0.15, -0.1) is 0 Å². The van der Waals surface area contributed by atoms with Crippen molar-refractivity contribution in [3.8, 4) is 0 Å². The zero-order chi connectivity index (χ0) is 6.85. The molecule has 4 heteroatoms. The van der Waals surface area contributed by atoms with Crippen LogP contribution in [0.2, 0.25) is 0 Å². The van der Waals surface area contributed by atoms with Crippen molar-refractivity contribution in [1.82, 2.24) is 10.0 Å². The fourth-order valence-corrected chi connectivity index (χ4v) is 0.653. The first-order valence-electron chi connectivity index (χ1n) is 3.09. The molecular formula is C5H12N4. The van der Waals surface area contributed by atoms with E-state index in [-0.39, 0.29) is 0 Å². The molecule has 0 atom stereocenters. The van der Waals surface area contributed by atoms with E-state index in [9.17, 15) is 0 Å². The molecular weight excluding hydrogens is 116 g/mol. The Hall–Kier alpha value is -0.800. The van der Waals surface area contributed by atoms with Gasteiger partial charge in [-0.1, -0.05) is 10.4 Å². The van der Waals surface area contributed by atoms with Crippen LogP contribution in [-0.2, 0) is 0 Å². The van der Waals surface area contributed by atoms with Crippen molar-refractivity contribution in [3.63, 3.8) is 0 Å². The van der Waals surface area contributed by atoms with Gasteiger partial charge in [0.2, 0.25) is 0 Å². The van der Waals surface area contributed by atoms with E-state index in [2.05, 4.69) is 24.3 Å². The van der Waals surface area contributed by atoms with E-state index < -0.39 is 0 Å². The molecule has 0 aromatic carbocycles. The number of rotatable bonds is 1. The minimum atomic E-state index is 0.457. The molecule has 1 rings (SSSR count). The van der Waals surface area contributed by atoms with Crippen LogP contribution < -0.4 is 0 Å². The van der Waals surface area contributed by atoms with Crippen molar-refractivity contribution in [1.29, 1.82) is 0 Å². The molecule has 0 fully saturated rings. The third-order valence-electron chi connectivity index (χ3n) is 1.25. The maximum atomic E-state index is 3.90. The Bertz CT molecular complexity index is 120. The van der Waals surface area contributed by atoms with E-state index >= 15 is 0 Å². The maximum Gasteiger partial charge on any atom is 0.126 e. The Balaban J connectivity index is 2.41. The molecule has 0 aromatic rings. The lowest BCUT2D eigenvalue weighted by molar-refractivity contribution is 0.199. The van der Waals surface area contributed by atoms with Gasteiger partial charge in [-0.25, -0.2) is 0 Å². The molecule has 0 amide bonds. The van der Waals surface area contributed by atoms with Crippen molar-refractivity contribution in [2.24, 2.45) is 10.4 Å². The predicted molar refractivity (Wildman–Crippen MR) is 34.5 cm³/mol. The van der Waals surface area contributed by atoms with Crippen LogP contribution >= 0.6 is 0 Å². The standard InChI is InChI=1S/C5H12N4/c1-5(2)9-4-8(3)6-7-9/h5H,4H2,1-3H3. The molecule has 0 aliphatic carbocycles. The van der Waals surface area contributed by atoms with Gasteiger partial charge in [0.25, 0.3) is 0 Å². The molecule has 1 aliphatic rings. The van der Waals surface area contributed by atoms with Crippen LogP contribution in [0.3, 0.4) is 0 Å². The highest BCUT2D eigenvalue weighted by molar-refractivity contribution is 4.57. The van der Waals surface area contributed by atoms with Gasteiger partial charge >= 0.3 is 0 Å². The van der Waals surface area contributed by atoms with Gasteiger partial charge in [0.05, 0.1) is 0 Å². The van der Waals surface area contributed by atoms with Crippen LogP contribution in [0.25, 0.3) is 0 Å². The normalized spacial score (nSPS) is 18.2. The lowest BCUT2D eigenvalue weighted by Crippen LogP contribution is -2.28. The third-order valence-corrected chi connectivity index (χ3v) is 1.25. The van der Waals surface area contributed by atoms with Crippen molar-refractivity contribution in [2.75, 3.05) is 13.7 Å². The second-order valence-corrected chi connectivity index (χ2v) is 2.51. The van der Waals surface area contributed by atoms with Crippen molar-refractivity contribution >= 4 is 0 Å². The third kappa shape index (κ3) is 1.31. The Morgan fingerprint density at radius 2 is 2.00 bits per heavy atom. The summed E-state index contributed by atoms with van der Waals surface area (Å²) in [6.07, 6.45) is 0. The van der Waals surface area contributed by atoms with Gasteiger partial charge < -0.3 is 0 Å². The lowest BCUT2D eigenvalue weighted by Gasteiger charge is -2.16. The minimum absolute atomic E-state index is 0.457. The van der Waals surface area contributed by atoms with Gasteiger partial charge in [-0.2, -0.15) is 0 Å². The first-order chi connectivity index (χ1) is 4.20. The maximum absolute atomic E-state index is 3.90. The predicted octanol–water partition coefficient (Wildman–Crippen LogP) is 0.882. The Morgan fingerprint density at radius 3 is 2.22 bits per heavy atom. The summed E-state index contributed by atoms with van der Waals surface area (Å²) in [5.41, 5.74) is 0. The lowest BCUT2D eigenvalue weighted by atomic mass is 10.4. The van der Waals surface area contributed by atoms with E-state index in [0.29, 0.717) is 6.04 Å². The van der Waals surface area contributed by atoms with E-state index in [0.717, 1.165) is 6.67 Å². The quantitative estimate of drug-likeness (QED) is 0.525. The van der Waals surface area contributed by atoms with Crippen molar-refractivity contribution in [3.05, 3.63) is 0 Å². The first kappa shape index (κ1) is 6.32. The molecule has 0 N–H and O–H groups in total. The minimum Gasteiger partial charge on any atom is -0.259 e. The molecule has 4 nitrogen and oxygen atoms in total. The van der Waals surface area contributed by atoms with Crippen LogP contribution in [0.15, 0.2) is 10.4 Å². The molecule has 0 spiro atoms. The zero-order valence-electron chi connectivity index (χ0n) is 6.07. The SMILES string of the molecule is CC(C)N1CN(C)N=N1. The first-order valence-corrected chi connectivity index (χ1v) is 3.09. The van der Waals surface area contributed by atoms with Crippen molar-refractivity contribution in [2.45, 2.75) is 19.9 Å². The largest absolute Gasteiger partial charge is 0.259 e.